The van der Waals surface area contributed by atoms with Gasteiger partial charge in [-0.1, -0.05) is 29.8 Å². The van der Waals surface area contributed by atoms with Crippen LogP contribution in [0, 0.1) is 0 Å². The van der Waals surface area contributed by atoms with Crippen LogP contribution < -0.4 is 19.9 Å². The van der Waals surface area contributed by atoms with Gasteiger partial charge in [0.05, 0.1) is 18.0 Å². The highest BCUT2D eigenvalue weighted by Crippen LogP contribution is 2.34. The second-order valence-electron chi connectivity index (χ2n) is 8.03. The summed E-state index contributed by atoms with van der Waals surface area (Å²) in [6.45, 7) is 1.83. The van der Waals surface area contributed by atoms with Gasteiger partial charge in [0.2, 0.25) is 11.8 Å². The number of carbonyl (C=O) groups excluding carboxylic acids is 2. The molecule has 37 heavy (non-hydrogen) atoms. The maximum Gasteiger partial charge on any atom is 0.328 e. The molecule has 0 saturated heterocycles. The van der Waals surface area contributed by atoms with Crippen molar-refractivity contribution in [2.75, 3.05) is 41.4 Å². The molecule has 3 heterocycles. The van der Waals surface area contributed by atoms with Crippen molar-refractivity contribution in [3.05, 3.63) is 59.6 Å². The third kappa shape index (κ3) is 6.69. The molecule has 3 N–H and O–H groups in total. The number of hydrogen-bond donors (Lipinski definition) is 3. The Morgan fingerprint density at radius 3 is 2.70 bits per heavy atom. The number of hydrogen-bond acceptors (Lipinski definition) is 7. The average Bonchev–Trinajstić information content (AvgIpc) is 3.02. The van der Waals surface area contributed by atoms with Crippen LogP contribution in [0.3, 0.4) is 0 Å². The fraction of sp³-hybridized carbons (Fsp3) is 0.280. The molecule has 4 rings (SSSR count). The summed E-state index contributed by atoms with van der Waals surface area (Å²) in [4.78, 5) is 38.2. The van der Waals surface area contributed by atoms with Gasteiger partial charge in [0.25, 0.3) is 0 Å². The zero-order chi connectivity index (χ0) is 25.7. The summed E-state index contributed by atoms with van der Waals surface area (Å²) in [7, 11) is 0. The van der Waals surface area contributed by atoms with E-state index >= 15 is 0 Å². The first-order valence-corrected chi connectivity index (χ1v) is 11.8. The number of ether oxygens (including phenoxy) is 1. The predicted octanol–water partition coefficient (Wildman–Crippen LogP) is 3.44. The Bertz CT molecular complexity index is 1260. The van der Waals surface area contributed by atoms with Crippen LogP contribution >= 0.6 is 25.1 Å². The topological polar surface area (TPSA) is 128 Å². The monoisotopic (exact) mass is 545 g/mol. The molecule has 1 aliphatic rings. The Hall–Kier alpha value is -3.38. The Morgan fingerprint density at radius 2 is 1.97 bits per heavy atom. The molecule has 3 amide bonds. The van der Waals surface area contributed by atoms with Gasteiger partial charge in [-0.15, -0.1) is 0 Å². The van der Waals surface area contributed by atoms with E-state index in [4.69, 9.17) is 26.4 Å². The van der Waals surface area contributed by atoms with Crippen LogP contribution in [0.15, 0.2) is 54.6 Å². The molecule has 0 aliphatic carbocycles. The molecule has 12 heteroatoms. The molecule has 10 nitrogen and oxygen atoms in total. The summed E-state index contributed by atoms with van der Waals surface area (Å²) in [5.41, 5.74) is 1.92. The zero-order valence-electron chi connectivity index (χ0n) is 20.1. The van der Waals surface area contributed by atoms with Crippen molar-refractivity contribution in [2.45, 2.75) is 19.4 Å². The molecule has 0 radical (unpaired) electrons. The minimum Gasteiger partial charge on any atom is -0.475 e. The highest BCUT2D eigenvalue weighted by molar-refractivity contribution is 7.59. The number of urea groups is 1. The number of nitrogens with zero attached hydrogens (tertiary/aromatic N) is 4. The lowest BCUT2D eigenvalue weighted by molar-refractivity contribution is -0.118. The Labute approximate surface area is 226 Å². The summed E-state index contributed by atoms with van der Waals surface area (Å²) in [5.74, 6) is 0.621. The van der Waals surface area contributed by atoms with E-state index in [2.05, 4.69) is 10.3 Å². The molecule has 0 fully saturated rings. The van der Waals surface area contributed by atoms with Crippen molar-refractivity contribution in [1.82, 2.24) is 9.97 Å². The van der Waals surface area contributed by atoms with E-state index < -0.39 is 18.7 Å². The lowest BCUT2D eigenvalue weighted by Gasteiger charge is -2.24. The van der Waals surface area contributed by atoms with Crippen molar-refractivity contribution < 1.29 is 24.5 Å². The molecule has 1 aliphatic heterocycles. The molecule has 3 aromatic rings. The Kier molecular flexibility index (Phi) is 9.70. The van der Waals surface area contributed by atoms with Crippen molar-refractivity contribution >= 4 is 54.4 Å². The minimum absolute atomic E-state index is 0. The number of benzene rings is 1. The molecule has 2 aromatic heterocycles. The van der Waals surface area contributed by atoms with Crippen molar-refractivity contribution in [1.29, 1.82) is 0 Å². The van der Waals surface area contributed by atoms with E-state index in [1.807, 2.05) is 19.1 Å². The highest BCUT2D eigenvalue weighted by atomic mass is 35.5. The fourth-order valence-corrected chi connectivity index (χ4v) is 3.95. The maximum absolute atomic E-state index is 13.4. The molecule has 0 unspecified atom stereocenters. The summed E-state index contributed by atoms with van der Waals surface area (Å²) in [6.07, 6.45) is -0.919. The first kappa shape index (κ1) is 28.2. The van der Waals surface area contributed by atoms with Gasteiger partial charge in [0.15, 0.2) is 5.82 Å². The van der Waals surface area contributed by atoms with Crippen LogP contribution in [0.5, 0.6) is 5.88 Å². The smallest absolute Gasteiger partial charge is 0.328 e. The molecule has 1 atom stereocenters. The van der Waals surface area contributed by atoms with Crippen LogP contribution in [0.2, 0.25) is 5.02 Å². The van der Waals surface area contributed by atoms with E-state index in [0.29, 0.717) is 28.8 Å². The van der Waals surface area contributed by atoms with E-state index in [0.717, 1.165) is 5.56 Å². The van der Waals surface area contributed by atoms with Gasteiger partial charge in [-0.25, -0.2) is 9.78 Å². The summed E-state index contributed by atoms with van der Waals surface area (Å²) in [6, 6.07) is 15.1. The van der Waals surface area contributed by atoms with Crippen LogP contribution in [0.1, 0.15) is 13.3 Å². The first-order chi connectivity index (χ1) is 17.4. The van der Waals surface area contributed by atoms with Gasteiger partial charge < -0.3 is 19.8 Å². The summed E-state index contributed by atoms with van der Waals surface area (Å²) >= 11 is 6.16. The van der Waals surface area contributed by atoms with Gasteiger partial charge >= 0.3 is 6.03 Å². The maximum atomic E-state index is 13.4. The number of amides is 3. The zero-order valence-corrected chi connectivity index (χ0v) is 21.9. The summed E-state index contributed by atoms with van der Waals surface area (Å²) < 4.78 is 5.36. The average molecular weight is 546 g/mol. The van der Waals surface area contributed by atoms with Gasteiger partial charge in [0.1, 0.15) is 18.5 Å². The molecule has 196 valence electrons. The molecule has 0 bridgehead atoms. The number of aliphatic hydroxyl groups is 2. The second kappa shape index (κ2) is 12.7. The molecule has 0 saturated carbocycles. The number of aromatic nitrogens is 2. The van der Waals surface area contributed by atoms with E-state index in [9.17, 15) is 14.7 Å². The van der Waals surface area contributed by atoms with Crippen LogP contribution in [0.25, 0.3) is 11.3 Å². The van der Waals surface area contributed by atoms with E-state index in [1.165, 1.54) is 4.90 Å². The van der Waals surface area contributed by atoms with Gasteiger partial charge in [0, 0.05) is 36.2 Å². The number of halogens is 1. The third-order valence-corrected chi connectivity index (χ3v) is 5.76. The summed E-state index contributed by atoms with van der Waals surface area (Å²) in [5, 5.41) is 21.7. The number of rotatable bonds is 7. The Morgan fingerprint density at radius 1 is 1.19 bits per heavy atom. The number of nitrogens with one attached hydrogen (secondary N) is 1. The minimum atomic E-state index is -1.04. The first-order valence-electron chi connectivity index (χ1n) is 11.4. The van der Waals surface area contributed by atoms with E-state index in [-0.39, 0.29) is 50.7 Å². The van der Waals surface area contributed by atoms with Crippen LogP contribution in [0.4, 0.5) is 22.1 Å². The fourth-order valence-electron chi connectivity index (χ4n) is 3.76. The van der Waals surface area contributed by atoms with Crippen molar-refractivity contribution in [3.63, 3.8) is 0 Å². The van der Waals surface area contributed by atoms with Crippen LogP contribution in [-0.2, 0) is 4.79 Å². The van der Waals surface area contributed by atoms with Gasteiger partial charge in [-0.05, 0) is 37.3 Å². The second-order valence-corrected chi connectivity index (χ2v) is 8.46. The third-order valence-electron chi connectivity index (χ3n) is 5.53. The SMILES string of the molecule is CCN1C(=O)CCN(C(=O)Nc2cccc(OC[C@@H](O)CO)n2)c2nc(-c3cccc(Cl)c3)ccc21.S. The number of fused-ring (bicyclic) bond motifs is 1. The normalized spacial score (nSPS) is 13.8. The lowest BCUT2D eigenvalue weighted by Crippen LogP contribution is -2.36. The van der Waals surface area contributed by atoms with Gasteiger partial charge in [-0.3, -0.25) is 15.0 Å². The van der Waals surface area contributed by atoms with Gasteiger partial charge in [-0.2, -0.15) is 18.5 Å². The number of aliphatic hydroxyl groups excluding tert-OH is 2. The Balaban J connectivity index is 0.00000380. The standard InChI is InChI=1S/C25H26ClN5O5.H2S/c1-2-30-20-10-9-19(16-5-3-6-17(26)13-16)27-24(20)31(12-11-23(30)34)25(35)29-21-7-4-8-22(28-21)36-15-18(33)14-32;/h3-10,13,18,32-33H,2,11-12,14-15H2,1H3,(H,28,29,35);1H2/t18-;/m0./s1. The lowest BCUT2D eigenvalue weighted by atomic mass is 10.1. The highest BCUT2D eigenvalue weighted by Gasteiger charge is 2.30. The molecular formula is C25H28ClN5O5S. The number of anilines is 3. The predicted molar refractivity (Wildman–Crippen MR) is 147 cm³/mol. The molecule has 0 spiro atoms. The van der Waals surface area contributed by atoms with Crippen molar-refractivity contribution in [3.8, 4) is 17.1 Å². The van der Waals surface area contributed by atoms with Crippen molar-refractivity contribution in [2.24, 2.45) is 0 Å². The largest absolute Gasteiger partial charge is 0.475 e. The number of pyridine rings is 2. The van der Waals surface area contributed by atoms with Crippen LogP contribution in [-0.4, -0.2) is 64.5 Å². The van der Waals surface area contributed by atoms with E-state index in [1.54, 1.807) is 47.4 Å². The number of carbonyl (C=O) groups is 2. The molecular weight excluding hydrogens is 518 g/mol. The molecule has 1 aromatic carbocycles. The quantitative estimate of drug-likeness (QED) is 0.415.